The normalized spacial score (nSPS) is 9.65. The van der Waals surface area contributed by atoms with Gasteiger partial charge < -0.3 is 10.2 Å². The second kappa shape index (κ2) is 5.84. The average molecular weight is 273 g/mol. The number of thiocarbonyl (C=S) groups is 1. The van der Waals surface area contributed by atoms with Gasteiger partial charge in [0.2, 0.25) is 5.11 Å². The Hall–Kier alpha value is -1.33. The van der Waals surface area contributed by atoms with Crippen LogP contribution in [0.15, 0.2) is 18.2 Å². The Bertz CT molecular complexity index is 451. The first-order valence-corrected chi connectivity index (χ1v) is 5.68. The van der Waals surface area contributed by atoms with E-state index in [1.807, 2.05) is 13.0 Å². The van der Waals surface area contributed by atoms with Crippen LogP contribution in [0.4, 0.5) is 5.69 Å². The first-order valence-electron chi connectivity index (χ1n) is 4.89. The topological polar surface area (TPSA) is 41.6 Å². The molecule has 1 rings (SSSR count). The quantitative estimate of drug-likeness (QED) is 0.629. The number of anilines is 1. The molecule has 0 spiro atoms. The van der Waals surface area contributed by atoms with E-state index in [2.05, 4.69) is 5.32 Å². The summed E-state index contributed by atoms with van der Waals surface area (Å²) in [5.74, 6) is -0.431. The molecule has 0 radical (unpaired) electrons. The van der Waals surface area contributed by atoms with Crippen LogP contribution >= 0.6 is 23.8 Å². The van der Waals surface area contributed by atoms with Crippen molar-refractivity contribution in [3.63, 3.8) is 0 Å². The van der Waals surface area contributed by atoms with E-state index in [9.17, 15) is 4.79 Å². The number of halogens is 1. The monoisotopic (exact) mass is 272 g/mol. The molecular weight excluding hydrogens is 260 g/mol. The van der Waals surface area contributed by atoms with E-state index in [-0.39, 0.29) is 5.11 Å². The molecule has 0 saturated heterocycles. The van der Waals surface area contributed by atoms with E-state index in [1.165, 1.54) is 12.0 Å². The van der Waals surface area contributed by atoms with E-state index >= 15 is 0 Å². The molecule has 0 saturated carbocycles. The summed E-state index contributed by atoms with van der Waals surface area (Å²) in [5.41, 5.74) is 1.77. The third kappa shape index (κ3) is 4.20. The minimum atomic E-state index is -0.431. The Morgan fingerprint density at radius 3 is 2.76 bits per heavy atom. The van der Waals surface area contributed by atoms with Gasteiger partial charge in [-0.2, -0.15) is 5.06 Å². The molecule has 0 unspecified atom stereocenters. The molecule has 0 aliphatic heterocycles. The molecule has 4 nitrogen and oxygen atoms in total. The van der Waals surface area contributed by atoms with Crippen LogP contribution in [0.1, 0.15) is 12.5 Å². The number of carbonyl (C=O) groups excluding carboxylic acids is 1. The second-order valence-electron chi connectivity index (χ2n) is 3.47. The molecule has 1 aromatic carbocycles. The summed E-state index contributed by atoms with van der Waals surface area (Å²) in [5, 5.41) is 5.03. The highest BCUT2D eigenvalue weighted by Crippen LogP contribution is 2.20. The van der Waals surface area contributed by atoms with Gasteiger partial charge in [0.15, 0.2) is 0 Å². The van der Waals surface area contributed by atoms with Crippen LogP contribution in [-0.2, 0) is 9.63 Å². The first kappa shape index (κ1) is 13.7. The summed E-state index contributed by atoms with van der Waals surface area (Å²) in [6.45, 7) is 3.23. The largest absolute Gasteiger partial charge is 0.339 e. The lowest BCUT2D eigenvalue weighted by Gasteiger charge is -2.19. The Morgan fingerprint density at radius 2 is 2.18 bits per heavy atom. The molecule has 1 N–H and O–H groups in total. The van der Waals surface area contributed by atoms with Crippen molar-refractivity contribution in [2.24, 2.45) is 0 Å². The third-order valence-electron chi connectivity index (χ3n) is 1.99. The maximum Gasteiger partial charge on any atom is 0.329 e. The van der Waals surface area contributed by atoms with Crippen molar-refractivity contribution in [3.05, 3.63) is 28.8 Å². The molecule has 1 aromatic rings. The fourth-order valence-electron chi connectivity index (χ4n) is 1.16. The summed E-state index contributed by atoms with van der Waals surface area (Å²) < 4.78 is 0. The SMILES string of the molecule is CC(=O)ON(C)C(=S)Nc1cc(Cl)ccc1C. The number of hydrogen-bond donors (Lipinski definition) is 1. The standard InChI is InChI=1S/C11H13ClN2O2S/c1-7-4-5-9(12)6-10(7)13-11(17)14(3)16-8(2)15/h4-6H,1-3H3,(H,13,17). The zero-order valence-corrected chi connectivity index (χ0v) is 11.4. The lowest BCUT2D eigenvalue weighted by molar-refractivity contribution is -0.165. The number of nitrogens with zero attached hydrogens (tertiary/aromatic N) is 1. The molecular formula is C11H13ClN2O2S. The lowest BCUT2D eigenvalue weighted by atomic mass is 10.2. The molecule has 0 aliphatic carbocycles. The first-order chi connectivity index (χ1) is 7.90. The lowest BCUT2D eigenvalue weighted by Crippen LogP contribution is -2.32. The van der Waals surface area contributed by atoms with Crippen molar-refractivity contribution in [2.45, 2.75) is 13.8 Å². The highest BCUT2D eigenvalue weighted by Gasteiger charge is 2.09. The van der Waals surface area contributed by atoms with Crippen molar-refractivity contribution in [3.8, 4) is 0 Å². The van der Waals surface area contributed by atoms with Crippen LogP contribution in [0.25, 0.3) is 0 Å². The maximum atomic E-state index is 10.8. The van der Waals surface area contributed by atoms with Gasteiger partial charge in [-0.15, -0.1) is 0 Å². The van der Waals surface area contributed by atoms with Gasteiger partial charge in [-0.25, -0.2) is 0 Å². The summed E-state index contributed by atoms with van der Waals surface area (Å²) in [6, 6.07) is 5.42. The Balaban J connectivity index is 2.73. The zero-order chi connectivity index (χ0) is 13.0. The minimum Gasteiger partial charge on any atom is -0.339 e. The van der Waals surface area contributed by atoms with Crippen molar-refractivity contribution in [2.75, 3.05) is 12.4 Å². The highest BCUT2D eigenvalue weighted by atomic mass is 35.5. The predicted octanol–water partition coefficient (Wildman–Crippen LogP) is 2.76. The number of nitrogens with one attached hydrogen (secondary N) is 1. The fourth-order valence-corrected chi connectivity index (χ4v) is 1.48. The number of benzene rings is 1. The van der Waals surface area contributed by atoms with Crippen molar-refractivity contribution in [1.29, 1.82) is 0 Å². The van der Waals surface area contributed by atoms with Crippen LogP contribution in [0, 0.1) is 6.92 Å². The Kier molecular flexibility index (Phi) is 4.72. The predicted molar refractivity (Wildman–Crippen MR) is 71.9 cm³/mol. The summed E-state index contributed by atoms with van der Waals surface area (Å²) in [7, 11) is 1.55. The zero-order valence-electron chi connectivity index (χ0n) is 9.78. The Morgan fingerprint density at radius 1 is 1.53 bits per heavy atom. The maximum absolute atomic E-state index is 10.8. The smallest absolute Gasteiger partial charge is 0.329 e. The molecule has 0 bridgehead atoms. The van der Waals surface area contributed by atoms with Crippen molar-refractivity contribution < 1.29 is 9.63 Å². The molecule has 6 heteroatoms. The number of carbonyl (C=O) groups is 1. The molecule has 0 amide bonds. The van der Waals surface area contributed by atoms with E-state index in [0.29, 0.717) is 5.02 Å². The van der Waals surface area contributed by atoms with E-state index < -0.39 is 5.97 Å². The number of rotatable bonds is 1. The number of hydrogen-bond acceptors (Lipinski definition) is 3. The molecule has 0 fully saturated rings. The minimum absolute atomic E-state index is 0.283. The number of hydroxylamine groups is 2. The fraction of sp³-hybridized carbons (Fsp3) is 0.273. The molecule has 0 aliphatic rings. The van der Waals surface area contributed by atoms with Crippen LogP contribution in [-0.4, -0.2) is 23.2 Å². The van der Waals surface area contributed by atoms with Crippen LogP contribution in [0.2, 0.25) is 5.02 Å². The van der Waals surface area contributed by atoms with Crippen LogP contribution in [0.3, 0.4) is 0 Å². The summed E-state index contributed by atoms with van der Waals surface area (Å²) in [6.07, 6.45) is 0. The summed E-state index contributed by atoms with van der Waals surface area (Å²) in [4.78, 5) is 15.6. The Labute approximate surface area is 110 Å². The van der Waals surface area contributed by atoms with Crippen molar-refractivity contribution >= 4 is 40.6 Å². The second-order valence-corrected chi connectivity index (χ2v) is 4.29. The van der Waals surface area contributed by atoms with Gasteiger partial charge in [0, 0.05) is 24.7 Å². The van der Waals surface area contributed by atoms with Gasteiger partial charge in [0.1, 0.15) is 0 Å². The molecule has 0 heterocycles. The van der Waals surface area contributed by atoms with Gasteiger partial charge in [-0.1, -0.05) is 17.7 Å². The van der Waals surface area contributed by atoms with Gasteiger partial charge in [-0.3, -0.25) is 4.79 Å². The van der Waals surface area contributed by atoms with E-state index in [0.717, 1.165) is 11.3 Å². The van der Waals surface area contributed by atoms with Gasteiger partial charge >= 0.3 is 5.97 Å². The van der Waals surface area contributed by atoms with Gasteiger partial charge in [0.05, 0.1) is 0 Å². The van der Waals surface area contributed by atoms with Crippen LogP contribution in [0.5, 0.6) is 0 Å². The molecule has 17 heavy (non-hydrogen) atoms. The molecule has 0 aromatic heterocycles. The highest BCUT2D eigenvalue weighted by molar-refractivity contribution is 7.80. The van der Waals surface area contributed by atoms with Gasteiger partial charge in [-0.05, 0) is 36.8 Å². The van der Waals surface area contributed by atoms with Crippen LogP contribution < -0.4 is 5.32 Å². The van der Waals surface area contributed by atoms with Crippen molar-refractivity contribution in [1.82, 2.24) is 5.06 Å². The molecule has 92 valence electrons. The van der Waals surface area contributed by atoms with Gasteiger partial charge in [0.25, 0.3) is 0 Å². The average Bonchev–Trinajstić information content (AvgIpc) is 2.22. The van der Waals surface area contributed by atoms with E-state index in [4.69, 9.17) is 28.7 Å². The summed E-state index contributed by atoms with van der Waals surface area (Å²) >= 11 is 11.0. The number of aryl methyl sites for hydroxylation is 1. The third-order valence-corrected chi connectivity index (χ3v) is 2.59. The van der Waals surface area contributed by atoms with E-state index in [1.54, 1.807) is 19.2 Å². The molecule has 0 atom stereocenters.